The molecule has 11 heavy (non-hydrogen) atoms. The Balaban J connectivity index is 2.37. The molecule has 3 N–H and O–H groups in total. The summed E-state index contributed by atoms with van der Waals surface area (Å²) in [4.78, 5) is 20.5. The van der Waals surface area contributed by atoms with Crippen LogP contribution in [-0.4, -0.2) is 34.7 Å². The van der Waals surface area contributed by atoms with Crippen LogP contribution in [0.1, 0.15) is 6.42 Å². The number of rotatable bonds is 3. The van der Waals surface area contributed by atoms with Gasteiger partial charge in [0.15, 0.2) is 0 Å². The minimum Gasteiger partial charge on any atom is -0.481 e. The first-order chi connectivity index (χ1) is 5.11. The van der Waals surface area contributed by atoms with Crippen molar-refractivity contribution in [3.63, 3.8) is 0 Å². The number of carbonyl (C=O) groups is 2. The predicted molar refractivity (Wildman–Crippen MR) is 35.2 cm³/mol. The van der Waals surface area contributed by atoms with Crippen LogP contribution in [0.5, 0.6) is 0 Å². The van der Waals surface area contributed by atoms with Crippen molar-refractivity contribution in [1.82, 2.24) is 5.32 Å². The summed E-state index contributed by atoms with van der Waals surface area (Å²) < 4.78 is 0. The lowest BCUT2D eigenvalue weighted by Crippen LogP contribution is -2.57. The average molecular weight is 159 g/mol. The van der Waals surface area contributed by atoms with Crippen LogP contribution in [-0.2, 0) is 9.59 Å². The monoisotopic (exact) mass is 159 g/mol. The van der Waals surface area contributed by atoms with Crippen molar-refractivity contribution in [2.45, 2.75) is 12.5 Å². The molecule has 1 rings (SSSR count). The van der Waals surface area contributed by atoms with Gasteiger partial charge >= 0.3 is 11.9 Å². The molecule has 0 aromatic rings. The molecular formula is C6H9NO4. The van der Waals surface area contributed by atoms with Gasteiger partial charge in [-0.05, 0) is 0 Å². The van der Waals surface area contributed by atoms with Gasteiger partial charge in [-0.2, -0.15) is 0 Å². The van der Waals surface area contributed by atoms with E-state index < -0.39 is 18.0 Å². The van der Waals surface area contributed by atoms with Gasteiger partial charge in [0.1, 0.15) is 6.04 Å². The van der Waals surface area contributed by atoms with Crippen molar-refractivity contribution >= 4 is 11.9 Å². The van der Waals surface area contributed by atoms with Crippen LogP contribution in [0.3, 0.4) is 0 Å². The lowest BCUT2D eigenvalue weighted by Gasteiger charge is -2.33. The molecule has 0 saturated carbocycles. The summed E-state index contributed by atoms with van der Waals surface area (Å²) >= 11 is 0. The van der Waals surface area contributed by atoms with Gasteiger partial charge in [-0.15, -0.1) is 0 Å². The van der Waals surface area contributed by atoms with Crippen molar-refractivity contribution in [2.75, 3.05) is 6.54 Å². The van der Waals surface area contributed by atoms with Crippen LogP contribution in [0.15, 0.2) is 0 Å². The molecule has 1 aliphatic rings. The van der Waals surface area contributed by atoms with Crippen molar-refractivity contribution < 1.29 is 19.8 Å². The summed E-state index contributed by atoms with van der Waals surface area (Å²) in [5.74, 6) is -2.16. The zero-order valence-electron chi connectivity index (χ0n) is 5.78. The number of hydrogen-bond acceptors (Lipinski definition) is 3. The summed E-state index contributed by atoms with van der Waals surface area (Å²) in [6.45, 7) is 0.489. The summed E-state index contributed by atoms with van der Waals surface area (Å²) in [5, 5.41) is 19.4. The molecule has 0 aromatic heterocycles. The molecule has 5 heteroatoms. The summed E-state index contributed by atoms with van der Waals surface area (Å²) in [6.07, 6.45) is -0.0655. The highest BCUT2D eigenvalue weighted by molar-refractivity contribution is 5.77. The first-order valence-corrected chi connectivity index (χ1v) is 3.29. The maximum atomic E-state index is 10.3. The molecule has 1 heterocycles. The van der Waals surface area contributed by atoms with Crippen molar-refractivity contribution in [3.8, 4) is 0 Å². The molecule has 0 aromatic carbocycles. The molecule has 1 fully saturated rings. The van der Waals surface area contributed by atoms with Gasteiger partial charge in [0.25, 0.3) is 0 Å². The second-order valence-corrected chi connectivity index (χ2v) is 2.58. The fourth-order valence-electron chi connectivity index (χ4n) is 1.11. The molecule has 1 saturated heterocycles. The minimum absolute atomic E-state index is 0.0655. The third kappa shape index (κ3) is 1.68. The molecule has 5 nitrogen and oxygen atoms in total. The number of carboxylic acids is 2. The van der Waals surface area contributed by atoms with Crippen molar-refractivity contribution in [2.24, 2.45) is 5.92 Å². The molecule has 0 aliphatic carbocycles. The fourth-order valence-corrected chi connectivity index (χ4v) is 1.11. The van der Waals surface area contributed by atoms with E-state index in [1.165, 1.54) is 0 Å². The van der Waals surface area contributed by atoms with Crippen LogP contribution in [0, 0.1) is 5.92 Å². The van der Waals surface area contributed by atoms with E-state index in [9.17, 15) is 9.59 Å². The van der Waals surface area contributed by atoms with E-state index in [-0.39, 0.29) is 12.3 Å². The van der Waals surface area contributed by atoms with E-state index in [4.69, 9.17) is 10.2 Å². The first-order valence-electron chi connectivity index (χ1n) is 3.29. The third-order valence-corrected chi connectivity index (χ3v) is 1.77. The zero-order chi connectivity index (χ0) is 8.43. The van der Waals surface area contributed by atoms with Crippen LogP contribution < -0.4 is 5.32 Å². The largest absolute Gasteiger partial charge is 0.481 e. The Hall–Kier alpha value is -1.10. The summed E-state index contributed by atoms with van der Waals surface area (Å²) in [5.41, 5.74) is 0. The lowest BCUT2D eigenvalue weighted by molar-refractivity contribution is -0.146. The number of aliphatic carboxylic acids is 2. The van der Waals surface area contributed by atoms with Gasteiger partial charge in [0.2, 0.25) is 0 Å². The number of carboxylic acid groups (broad SMARTS) is 2. The first kappa shape index (κ1) is 8.00. The fraction of sp³-hybridized carbons (Fsp3) is 0.667. The number of nitrogens with one attached hydrogen (secondary N) is 1. The van der Waals surface area contributed by atoms with Gasteiger partial charge in [0.05, 0.1) is 6.42 Å². The Morgan fingerprint density at radius 3 is 2.36 bits per heavy atom. The van der Waals surface area contributed by atoms with E-state index in [1.54, 1.807) is 0 Å². The van der Waals surface area contributed by atoms with Gasteiger partial charge in [-0.3, -0.25) is 9.59 Å². The molecule has 0 radical (unpaired) electrons. The van der Waals surface area contributed by atoms with E-state index in [0.29, 0.717) is 6.54 Å². The number of hydrogen-bond donors (Lipinski definition) is 3. The zero-order valence-corrected chi connectivity index (χ0v) is 5.78. The molecule has 0 amide bonds. The van der Waals surface area contributed by atoms with Gasteiger partial charge in [-0.25, -0.2) is 0 Å². The van der Waals surface area contributed by atoms with E-state index in [1.807, 2.05) is 0 Å². The summed E-state index contributed by atoms with van der Waals surface area (Å²) in [6, 6.07) is -0.661. The topological polar surface area (TPSA) is 86.6 Å². The van der Waals surface area contributed by atoms with Crippen LogP contribution in [0.2, 0.25) is 0 Å². The van der Waals surface area contributed by atoms with Crippen LogP contribution in [0.25, 0.3) is 0 Å². The minimum atomic E-state index is -0.970. The van der Waals surface area contributed by atoms with E-state index in [2.05, 4.69) is 5.32 Å². The highest BCUT2D eigenvalue weighted by Gasteiger charge is 2.37. The average Bonchev–Trinajstić information content (AvgIpc) is 1.78. The Morgan fingerprint density at radius 2 is 2.09 bits per heavy atom. The van der Waals surface area contributed by atoms with Crippen LogP contribution in [0.4, 0.5) is 0 Å². The second-order valence-electron chi connectivity index (χ2n) is 2.58. The predicted octanol–water partition coefficient (Wildman–Crippen LogP) is -0.866. The quantitative estimate of drug-likeness (QED) is 0.498. The lowest BCUT2D eigenvalue weighted by atomic mass is 9.89. The Morgan fingerprint density at radius 1 is 1.45 bits per heavy atom. The molecule has 0 spiro atoms. The maximum absolute atomic E-state index is 10.3. The SMILES string of the molecule is O=C(O)C[C@H]1CN[C@H]1C(=O)O. The highest BCUT2D eigenvalue weighted by atomic mass is 16.4. The van der Waals surface area contributed by atoms with Gasteiger partial charge in [-0.1, -0.05) is 0 Å². The van der Waals surface area contributed by atoms with Gasteiger partial charge < -0.3 is 15.5 Å². The second kappa shape index (κ2) is 2.87. The molecule has 1 aliphatic heterocycles. The van der Waals surface area contributed by atoms with Crippen molar-refractivity contribution in [3.05, 3.63) is 0 Å². The maximum Gasteiger partial charge on any atom is 0.321 e. The molecule has 0 unspecified atom stereocenters. The Kier molecular flexibility index (Phi) is 2.09. The Bertz CT molecular complexity index is 191. The molecule has 62 valence electrons. The van der Waals surface area contributed by atoms with E-state index in [0.717, 1.165) is 0 Å². The van der Waals surface area contributed by atoms with E-state index >= 15 is 0 Å². The van der Waals surface area contributed by atoms with Crippen LogP contribution >= 0.6 is 0 Å². The smallest absolute Gasteiger partial charge is 0.321 e. The summed E-state index contributed by atoms with van der Waals surface area (Å²) in [7, 11) is 0. The molecular weight excluding hydrogens is 150 g/mol. The van der Waals surface area contributed by atoms with Crippen molar-refractivity contribution in [1.29, 1.82) is 0 Å². The van der Waals surface area contributed by atoms with Gasteiger partial charge in [0, 0.05) is 12.5 Å². The standard InChI is InChI=1S/C6H9NO4/c8-4(9)1-3-2-7-5(3)6(10)11/h3,5,7H,1-2H2,(H,8,9)(H,10,11)/t3-,5+/m0/s1. The molecule has 0 bridgehead atoms. The molecule has 2 atom stereocenters. The third-order valence-electron chi connectivity index (χ3n) is 1.77. The Labute approximate surface area is 63.0 Å². The highest BCUT2D eigenvalue weighted by Crippen LogP contribution is 2.16. The normalized spacial score (nSPS) is 29.1.